The van der Waals surface area contributed by atoms with Crippen molar-refractivity contribution in [1.29, 1.82) is 0 Å². The van der Waals surface area contributed by atoms with Gasteiger partial charge in [0.2, 0.25) is 5.91 Å². The highest BCUT2D eigenvalue weighted by Crippen LogP contribution is 2.20. The number of nitrogens with one attached hydrogen (secondary N) is 3. The maximum Gasteiger partial charge on any atom is 0.319 e. The summed E-state index contributed by atoms with van der Waals surface area (Å²) in [5.41, 5.74) is 2.66. The van der Waals surface area contributed by atoms with Crippen molar-refractivity contribution in [1.82, 2.24) is 5.32 Å². The zero-order valence-electron chi connectivity index (χ0n) is 17.2. The van der Waals surface area contributed by atoms with Gasteiger partial charge in [-0.1, -0.05) is 32.0 Å². The van der Waals surface area contributed by atoms with Gasteiger partial charge in [0.25, 0.3) is 0 Å². The minimum absolute atomic E-state index is 0.000275. The predicted octanol–water partition coefficient (Wildman–Crippen LogP) is 4.46. The molecule has 6 heteroatoms. The van der Waals surface area contributed by atoms with Crippen LogP contribution < -0.4 is 20.9 Å². The van der Waals surface area contributed by atoms with Crippen LogP contribution >= 0.6 is 0 Å². The fourth-order valence-corrected chi connectivity index (χ4v) is 3.49. The summed E-state index contributed by atoms with van der Waals surface area (Å²) in [7, 11) is 0. The van der Waals surface area contributed by atoms with Crippen LogP contribution in [0.2, 0.25) is 0 Å². The Hall–Kier alpha value is -3.02. The zero-order valence-corrected chi connectivity index (χ0v) is 17.2. The second kappa shape index (κ2) is 9.96. The standard InChI is InChI=1S/C23H30N4O2/c1-17(2)16-22(28)24-18-8-10-19(11-9-18)25-23(29)26-20-12-14-27(15-13-20)21-6-4-3-5-7-21/h3-11,17,20H,12-16H2,1-2H3,(H,24,28)(H2,25,26,29). The van der Waals surface area contributed by atoms with Crippen molar-refractivity contribution in [3.8, 4) is 0 Å². The quantitative estimate of drug-likeness (QED) is 0.677. The molecule has 3 N–H and O–H groups in total. The first-order valence-electron chi connectivity index (χ1n) is 10.3. The second-order valence-electron chi connectivity index (χ2n) is 7.92. The van der Waals surface area contributed by atoms with Crippen LogP contribution in [0.1, 0.15) is 33.1 Å². The fraction of sp³-hybridized carbons (Fsp3) is 0.391. The van der Waals surface area contributed by atoms with Gasteiger partial charge in [-0.3, -0.25) is 4.79 Å². The Labute approximate surface area is 172 Å². The van der Waals surface area contributed by atoms with Crippen LogP contribution in [0.5, 0.6) is 0 Å². The van der Waals surface area contributed by atoms with E-state index in [4.69, 9.17) is 0 Å². The Morgan fingerprint density at radius 3 is 2.10 bits per heavy atom. The highest BCUT2D eigenvalue weighted by Gasteiger charge is 2.20. The molecule has 154 valence electrons. The number of carbonyl (C=O) groups excluding carboxylic acids is 2. The summed E-state index contributed by atoms with van der Waals surface area (Å²) in [4.78, 5) is 26.5. The highest BCUT2D eigenvalue weighted by molar-refractivity contribution is 5.92. The van der Waals surface area contributed by atoms with Crippen molar-refractivity contribution in [2.45, 2.75) is 39.2 Å². The average Bonchev–Trinajstić information content (AvgIpc) is 2.70. The molecule has 0 aromatic heterocycles. The number of anilines is 3. The van der Waals surface area contributed by atoms with Crippen molar-refractivity contribution < 1.29 is 9.59 Å². The van der Waals surface area contributed by atoms with E-state index in [1.54, 1.807) is 24.3 Å². The molecule has 1 saturated heterocycles. The number of carbonyl (C=O) groups is 2. The number of para-hydroxylation sites is 1. The van der Waals surface area contributed by atoms with E-state index < -0.39 is 0 Å². The van der Waals surface area contributed by atoms with Crippen molar-refractivity contribution in [2.24, 2.45) is 5.92 Å². The number of rotatable bonds is 6. The molecule has 6 nitrogen and oxygen atoms in total. The first-order valence-corrected chi connectivity index (χ1v) is 10.3. The van der Waals surface area contributed by atoms with Gasteiger partial charge in [0.1, 0.15) is 0 Å². The smallest absolute Gasteiger partial charge is 0.319 e. The van der Waals surface area contributed by atoms with Crippen LogP contribution in [-0.2, 0) is 4.79 Å². The van der Waals surface area contributed by atoms with E-state index in [-0.39, 0.29) is 18.0 Å². The van der Waals surface area contributed by atoms with E-state index in [0.29, 0.717) is 18.0 Å². The molecule has 1 aliphatic rings. The van der Waals surface area contributed by atoms with E-state index in [1.807, 2.05) is 32.0 Å². The molecule has 0 spiro atoms. The summed E-state index contributed by atoms with van der Waals surface area (Å²) in [6, 6.07) is 17.5. The summed E-state index contributed by atoms with van der Waals surface area (Å²) in [6.45, 7) is 5.88. The van der Waals surface area contributed by atoms with E-state index in [0.717, 1.165) is 31.6 Å². The van der Waals surface area contributed by atoms with Gasteiger partial charge >= 0.3 is 6.03 Å². The van der Waals surface area contributed by atoms with Gasteiger partial charge in [-0.15, -0.1) is 0 Å². The molecule has 2 aromatic rings. The van der Waals surface area contributed by atoms with Crippen molar-refractivity contribution >= 4 is 29.0 Å². The maximum absolute atomic E-state index is 12.3. The number of urea groups is 1. The SMILES string of the molecule is CC(C)CC(=O)Nc1ccc(NC(=O)NC2CCN(c3ccccc3)CC2)cc1. The van der Waals surface area contributed by atoms with Crippen LogP contribution in [0.3, 0.4) is 0 Å². The van der Waals surface area contributed by atoms with Gasteiger partial charge in [0, 0.05) is 42.6 Å². The molecule has 0 radical (unpaired) electrons. The summed E-state index contributed by atoms with van der Waals surface area (Å²) >= 11 is 0. The predicted molar refractivity (Wildman–Crippen MR) is 118 cm³/mol. The molecule has 1 heterocycles. The van der Waals surface area contributed by atoms with Gasteiger partial charge in [0.15, 0.2) is 0 Å². The zero-order chi connectivity index (χ0) is 20.6. The summed E-state index contributed by atoms with van der Waals surface area (Å²) in [6.07, 6.45) is 2.33. The Morgan fingerprint density at radius 2 is 1.52 bits per heavy atom. The maximum atomic E-state index is 12.3. The molecule has 2 aromatic carbocycles. The molecule has 29 heavy (non-hydrogen) atoms. The third-order valence-corrected chi connectivity index (χ3v) is 4.97. The molecule has 1 aliphatic heterocycles. The lowest BCUT2D eigenvalue weighted by Crippen LogP contribution is -2.46. The Morgan fingerprint density at radius 1 is 0.931 bits per heavy atom. The van der Waals surface area contributed by atoms with Crippen molar-refractivity contribution in [2.75, 3.05) is 28.6 Å². The van der Waals surface area contributed by atoms with E-state index >= 15 is 0 Å². The number of piperidine rings is 1. The topological polar surface area (TPSA) is 73.5 Å². The van der Waals surface area contributed by atoms with Gasteiger partial charge in [0.05, 0.1) is 0 Å². The monoisotopic (exact) mass is 394 g/mol. The average molecular weight is 395 g/mol. The number of hydrogen-bond donors (Lipinski definition) is 3. The number of nitrogens with zero attached hydrogens (tertiary/aromatic N) is 1. The normalized spacial score (nSPS) is 14.5. The first-order chi connectivity index (χ1) is 14.0. The summed E-state index contributed by atoms with van der Waals surface area (Å²) in [5.74, 6) is 0.319. The Bertz CT molecular complexity index is 797. The van der Waals surface area contributed by atoms with Crippen LogP contribution in [0, 0.1) is 5.92 Å². The largest absolute Gasteiger partial charge is 0.371 e. The van der Waals surface area contributed by atoms with Crippen molar-refractivity contribution in [3.63, 3.8) is 0 Å². The molecule has 0 atom stereocenters. The lowest BCUT2D eigenvalue weighted by atomic mass is 10.0. The summed E-state index contributed by atoms with van der Waals surface area (Å²) in [5, 5.41) is 8.79. The third-order valence-electron chi connectivity index (χ3n) is 4.97. The van der Waals surface area contributed by atoms with Gasteiger partial charge in [-0.25, -0.2) is 4.79 Å². The number of hydrogen-bond acceptors (Lipinski definition) is 3. The number of benzene rings is 2. The van der Waals surface area contributed by atoms with E-state index in [2.05, 4.69) is 33.0 Å². The van der Waals surface area contributed by atoms with Gasteiger partial charge < -0.3 is 20.9 Å². The van der Waals surface area contributed by atoms with Gasteiger partial charge in [-0.05, 0) is 55.2 Å². The highest BCUT2D eigenvalue weighted by atomic mass is 16.2. The molecular weight excluding hydrogens is 364 g/mol. The first kappa shape index (κ1) is 20.7. The van der Waals surface area contributed by atoms with Crippen LogP contribution in [-0.4, -0.2) is 31.1 Å². The second-order valence-corrected chi connectivity index (χ2v) is 7.92. The summed E-state index contributed by atoms with van der Waals surface area (Å²) < 4.78 is 0. The van der Waals surface area contributed by atoms with E-state index in [1.165, 1.54) is 5.69 Å². The van der Waals surface area contributed by atoms with Crippen LogP contribution in [0.4, 0.5) is 21.9 Å². The Balaban J connectivity index is 1.42. The Kier molecular flexibility index (Phi) is 7.11. The fourth-order valence-electron chi connectivity index (χ4n) is 3.49. The molecule has 0 bridgehead atoms. The molecule has 3 rings (SSSR count). The van der Waals surface area contributed by atoms with E-state index in [9.17, 15) is 9.59 Å². The third kappa shape index (κ3) is 6.52. The van der Waals surface area contributed by atoms with Crippen molar-refractivity contribution in [3.05, 3.63) is 54.6 Å². The molecule has 0 saturated carbocycles. The lowest BCUT2D eigenvalue weighted by Gasteiger charge is -2.33. The van der Waals surface area contributed by atoms with Crippen LogP contribution in [0.15, 0.2) is 54.6 Å². The van der Waals surface area contributed by atoms with Crippen LogP contribution in [0.25, 0.3) is 0 Å². The minimum atomic E-state index is -0.195. The molecule has 0 aliphatic carbocycles. The minimum Gasteiger partial charge on any atom is -0.371 e. The number of amides is 3. The van der Waals surface area contributed by atoms with Gasteiger partial charge in [-0.2, -0.15) is 0 Å². The lowest BCUT2D eigenvalue weighted by molar-refractivity contribution is -0.116. The molecule has 3 amide bonds. The molecule has 1 fully saturated rings. The molecular formula is C23H30N4O2. The molecule has 0 unspecified atom stereocenters.